The van der Waals surface area contributed by atoms with Gasteiger partial charge in [-0.05, 0) is 35.4 Å². The number of halogens is 3. The van der Waals surface area contributed by atoms with Crippen molar-refractivity contribution >= 4 is 5.91 Å². The van der Waals surface area contributed by atoms with Gasteiger partial charge in [0.05, 0.1) is 5.56 Å². The van der Waals surface area contributed by atoms with E-state index in [2.05, 4.69) is 0 Å². The van der Waals surface area contributed by atoms with E-state index in [1.165, 1.54) is 18.2 Å². The predicted octanol–water partition coefficient (Wildman–Crippen LogP) is 2.87. The molecule has 2 aromatic carbocycles. The molecule has 0 saturated carbocycles. The number of carbonyl (C=O) groups excluding carboxylic acids is 1. The van der Waals surface area contributed by atoms with Gasteiger partial charge < -0.3 is 5.73 Å². The number of amides is 1. The molecule has 2 aromatic rings. The van der Waals surface area contributed by atoms with Crippen molar-refractivity contribution in [2.45, 2.75) is 0 Å². The Bertz CT molecular complexity index is 626. The molecule has 92 valence electrons. The van der Waals surface area contributed by atoms with Crippen molar-refractivity contribution in [2.24, 2.45) is 5.73 Å². The quantitative estimate of drug-likeness (QED) is 0.876. The number of hydrogen-bond donors (Lipinski definition) is 1. The van der Waals surface area contributed by atoms with Crippen molar-refractivity contribution in [2.75, 3.05) is 0 Å². The van der Waals surface area contributed by atoms with E-state index in [-0.39, 0.29) is 5.56 Å². The molecule has 5 heteroatoms. The monoisotopic (exact) mass is 251 g/mol. The first kappa shape index (κ1) is 12.2. The minimum absolute atomic E-state index is 0.249. The lowest BCUT2D eigenvalue weighted by atomic mass is 10.0. The fourth-order valence-corrected chi connectivity index (χ4v) is 1.57. The first-order chi connectivity index (χ1) is 8.49. The highest BCUT2D eigenvalue weighted by atomic mass is 19.2. The summed E-state index contributed by atoms with van der Waals surface area (Å²) in [6, 6.07) is 6.88. The second-order valence-electron chi connectivity index (χ2n) is 3.69. The van der Waals surface area contributed by atoms with Crippen molar-refractivity contribution in [1.82, 2.24) is 0 Å². The number of rotatable bonds is 2. The molecule has 2 nitrogen and oxygen atoms in total. The van der Waals surface area contributed by atoms with Crippen LogP contribution in [0, 0.1) is 17.5 Å². The van der Waals surface area contributed by atoms with Crippen LogP contribution in [0.25, 0.3) is 11.1 Å². The predicted molar refractivity (Wildman–Crippen MR) is 60.3 cm³/mol. The number of nitrogens with two attached hydrogens (primary N) is 1. The fraction of sp³-hybridized carbons (Fsp3) is 0. The second kappa shape index (κ2) is 4.52. The minimum atomic E-state index is -1.02. The summed E-state index contributed by atoms with van der Waals surface area (Å²) >= 11 is 0. The average Bonchev–Trinajstić information content (AvgIpc) is 2.32. The molecule has 0 aliphatic rings. The molecule has 0 saturated heterocycles. The lowest BCUT2D eigenvalue weighted by Crippen LogP contribution is -2.12. The largest absolute Gasteiger partial charge is 0.366 e. The van der Waals surface area contributed by atoms with Gasteiger partial charge in [-0.2, -0.15) is 0 Å². The molecule has 0 aliphatic heterocycles. The molecule has 0 radical (unpaired) electrons. The molecule has 0 aliphatic carbocycles. The molecule has 0 aromatic heterocycles. The van der Waals surface area contributed by atoms with E-state index >= 15 is 0 Å². The highest BCUT2D eigenvalue weighted by Gasteiger charge is 2.10. The Morgan fingerprint density at radius 3 is 1.89 bits per heavy atom. The first-order valence-corrected chi connectivity index (χ1v) is 5.04. The summed E-state index contributed by atoms with van der Waals surface area (Å²) in [5.74, 6) is -3.69. The van der Waals surface area contributed by atoms with Gasteiger partial charge in [0.2, 0.25) is 0 Å². The van der Waals surface area contributed by atoms with Crippen LogP contribution >= 0.6 is 0 Å². The number of primary amides is 1. The van der Waals surface area contributed by atoms with Gasteiger partial charge in [0, 0.05) is 0 Å². The van der Waals surface area contributed by atoms with E-state index in [9.17, 15) is 18.0 Å². The molecule has 0 spiro atoms. The Labute approximate surface area is 101 Å². The molecule has 0 atom stereocenters. The van der Waals surface area contributed by atoms with Gasteiger partial charge in [-0.3, -0.25) is 4.79 Å². The third-order valence-electron chi connectivity index (χ3n) is 2.49. The van der Waals surface area contributed by atoms with Gasteiger partial charge in [0.15, 0.2) is 11.6 Å². The average molecular weight is 251 g/mol. The van der Waals surface area contributed by atoms with Crippen molar-refractivity contribution < 1.29 is 18.0 Å². The summed E-state index contributed by atoms with van der Waals surface area (Å²) in [5.41, 5.74) is 5.35. The van der Waals surface area contributed by atoms with Crippen LogP contribution in [0.15, 0.2) is 36.4 Å². The smallest absolute Gasteiger partial charge is 0.251 e. The topological polar surface area (TPSA) is 43.1 Å². The minimum Gasteiger partial charge on any atom is -0.366 e. The van der Waals surface area contributed by atoms with Crippen LogP contribution in [-0.2, 0) is 0 Å². The van der Waals surface area contributed by atoms with Crippen LogP contribution in [0.3, 0.4) is 0 Å². The highest BCUT2D eigenvalue weighted by Crippen LogP contribution is 2.23. The van der Waals surface area contributed by atoms with Crippen LogP contribution in [0.5, 0.6) is 0 Å². The molecular formula is C13H8F3NO. The van der Waals surface area contributed by atoms with Crippen LogP contribution < -0.4 is 5.73 Å². The molecule has 2 rings (SSSR count). The number of hydrogen-bond acceptors (Lipinski definition) is 1. The third-order valence-corrected chi connectivity index (χ3v) is 2.49. The van der Waals surface area contributed by atoms with Crippen LogP contribution in [0.1, 0.15) is 10.4 Å². The first-order valence-electron chi connectivity index (χ1n) is 5.04. The van der Waals surface area contributed by atoms with Crippen molar-refractivity contribution in [3.05, 3.63) is 59.4 Å². The Morgan fingerprint density at radius 2 is 1.39 bits per heavy atom. The molecule has 18 heavy (non-hydrogen) atoms. The molecule has 0 unspecified atom stereocenters. The number of benzene rings is 2. The Kier molecular flexibility index (Phi) is 3.06. The Hall–Kier alpha value is -2.30. The zero-order valence-electron chi connectivity index (χ0n) is 9.08. The van der Waals surface area contributed by atoms with Gasteiger partial charge in [-0.15, -0.1) is 0 Å². The van der Waals surface area contributed by atoms with E-state index in [4.69, 9.17) is 5.73 Å². The summed E-state index contributed by atoms with van der Waals surface area (Å²) in [5, 5.41) is 0. The lowest BCUT2D eigenvalue weighted by molar-refractivity contribution is 0.0996. The third kappa shape index (κ3) is 2.20. The molecule has 2 N–H and O–H groups in total. The summed E-state index contributed by atoms with van der Waals surface area (Å²) < 4.78 is 39.3. The normalized spacial score (nSPS) is 10.4. The number of carbonyl (C=O) groups is 1. The van der Waals surface area contributed by atoms with Crippen LogP contribution in [0.4, 0.5) is 13.2 Å². The maximum atomic E-state index is 13.5. The maximum Gasteiger partial charge on any atom is 0.251 e. The maximum absolute atomic E-state index is 13.5. The Morgan fingerprint density at radius 1 is 0.833 bits per heavy atom. The van der Waals surface area contributed by atoms with Crippen molar-refractivity contribution in [1.29, 1.82) is 0 Å². The van der Waals surface area contributed by atoms with E-state index in [1.54, 1.807) is 0 Å². The lowest BCUT2D eigenvalue weighted by Gasteiger charge is -2.05. The van der Waals surface area contributed by atoms with E-state index in [0.29, 0.717) is 11.1 Å². The highest BCUT2D eigenvalue weighted by molar-refractivity contribution is 5.93. The van der Waals surface area contributed by atoms with Crippen molar-refractivity contribution in [3.63, 3.8) is 0 Å². The summed E-state index contributed by atoms with van der Waals surface area (Å²) in [4.78, 5) is 10.8. The van der Waals surface area contributed by atoms with E-state index in [0.717, 1.165) is 18.2 Å². The molecular weight excluding hydrogens is 243 g/mol. The van der Waals surface area contributed by atoms with Gasteiger partial charge in [0.25, 0.3) is 5.91 Å². The fourth-order valence-electron chi connectivity index (χ4n) is 1.57. The molecule has 1 amide bonds. The van der Waals surface area contributed by atoms with Gasteiger partial charge in [0.1, 0.15) is 5.82 Å². The zero-order chi connectivity index (χ0) is 13.3. The summed E-state index contributed by atoms with van der Waals surface area (Å²) in [6.45, 7) is 0. The zero-order valence-corrected chi connectivity index (χ0v) is 9.08. The van der Waals surface area contributed by atoms with Gasteiger partial charge in [-0.25, -0.2) is 13.2 Å². The SMILES string of the molecule is NC(=O)c1ccc(-c2ccc(F)c(F)c2)cc1F. The molecule has 0 fully saturated rings. The van der Waals surface area contributed by atoms with Crippen LogP contribution in [0.2, 0.25) is 0 Å². The van der Waals surface area contributed by atoms with Crippen molar-refractivity contribution in [3.8, 4) is 11.1 Å². The molecule has 0 bridgehead atoms. The van der Waals surface area contributed by atoms with Crippen LogP contribution in [-0.4, -0.2) is 5.91 Å². The standard InChI is InChI=1S/C13H8F3NO/c14-10-4-2-8(6-12(10)16)7-1-3-9(13(17)18)11(15)5-7/h1-6H,(H2,17,18). The molecule has 0 heterocycles. The summed E-state index contributed by atoms with van der Waals surface area (Å²) in [7, 11) is 0. The van der Waals surface area contributed by atoms with Gasteiger partial charge in [-0.1, -0.05) is 12.1 Å². The van der Waals surface area contributed by atoms with E-state index in [1.807, 2.05) is 0 Å². The van der Waals surface area contributed by atoms with E-state index < -0.39 is 23.4 Å². The van der Waals surface area contributed by atoms with Gasteiger partial charge >= 0.3 is 0 Å². The summed E-state index contributed by atoms with van der Waals surface area (Å²) in [6.07, 6.45) is 0. The second-order valence-corrected chi connectivity index (χ2v) is 3.69. The Balaban J connectivity index is 2.48.